The average molecular weight is 296 g/mol. The zero-order valence-corrected chi connectivity index (χ0v) is 12.2. The van der Waals surface area contributed by atoms with Crippen LogP contribution in [0.2, 0.25) is 0 Å². The fraction of sp³-hybridized carbons (Fsp3) is 0.467. The zero-order valence-electron chi connectivity index (χ0n) is 11.5. The van der Waals surface area contributed by atoms with Gasteiger partial charge in [0.1, 0.15) is 5.75 Å². The third-order valence-corrected chi connectivity index (χ3v) is 3.79. The number of aryl methyl sites for hydroxylation is 1. The molecule has 1 unspecified atom stereocenters. The summed E-state index contributed by atoms with van der Waals surface area (Å²) in [7, 11) is 0. The van der Waals surface area contributed by atoms with Crippen LogP contribution in [0.4, 0.5) is 0 Å². The fourth-order valence-corrected chi connectivity index (χ4v) is 2.44. The summed E-state index contributed by atoms with van der Waals surface area (Å²) in [6.45, 7) is 3.05. The van der Waals surface area contributed by atoms with E-state index in [0.717, 1.165) is 18.4 Å². The van der Waals surface area contributed by atoms with Crippen LogP contribution in [0.5, 0.6) is 5.75 Å². The molecule has 0 aliphatic carbocycles. The second-order valence-electron chi connectivity index (χ2n) is 5.08. The van der Waals surface area contributed by atoms with Gasteiger partial charge in [-0.3, -0.25) is 9.59 Å². The number of hydrogen-bond acceptors (Lipinski definition) is 3. The van der Waals surface area contributed by atoms with Crippen molar-refractivity contribution < 1.29 is 14.3 Å². The van der Waals surface area contributed by atoms with Gasteiger partial charge in [-0.2, -0.15) is 0 Å². The van der Waals surface area contributed by atoms with Gasteiger partial charge in [-0.15, -0.1) is 0 Å². The van der Waals surface area contributed by atoms with Crippen molar-refractivity contribution in [3.8, 4) is 5.75 Å². The summed E-state index contributed by atoms with van der Waals surface area (Å²) in [5, 5.41) is -0.359. The van der Waals surface area contributed by atoms with E-state index in [4.69, 9.17) is 16.3 Å². The van der Waals surface area contributed by atoms with Gasteiger partial charge in [-0.1, -0.05) is 17.7 Å². The van der Waals surface area contributed by atoms with E-state index in [2.05, 4.69) is 0 Å². The minimum absolute atomic E-state index is 0.00768. The van der Waals surface area contributed by atoms with Crippen molar-refractivity contribution in [2.75, 3.05) is 19.7 Å². The molecule has 1 aromatic carbocycles. The van der Waals surface area contributed by atoms with Gasteiger partial charge in [-0.05, 0) is 43.5 Å². The number of carbonyl (C=O) groups is 2. The molecule has 1 fully saturated rings. The quantitative estimate of drug-likeness (QED) is 0.801. The van der Waals surface area contributed by atoms with Gasteiger partial charge in [0.2, 0.25) is 5.24 Å². The van der Waals surface area contributed by atoms with Crippen LogP contribution in [0.1, 0.15) is 18.4 Å². The summed E-state index contributed by atoms with van der Waals surface area (Å²) in [5.41, 5.74) is 1.14. The third-order valence-electron chi connectivity index (χ3n) is 3.48. The molecule has 1 heterocycles. The Kier molecular flexibility index (Phi) is 5.01. The Labute approximate surface area is 123 Å². The smallest absolute Gasteiger partial charge is 0.260 e. The van der Waals surface area contributed by atoms with Gasteiger partial charge < -0.3 is 9.64 Å². The van der Waals surface area contributed by atoms with Crippen molar-refractivity contribution in [1.29, 1.82) is 0 Å². The second-order valence-corrected chi connectivity index (χ2v) is 5.46. The number of piperidine rings is 1. The number of hydrogen-bond donors (Lipinski definition) is 0. The van der Waals surface area contributed by atoms with Gasteiger partial charge in [-0.25, -0.2) is 0 Å². The first-order valence-corrected chi connectivity index (χ1v) is 7.10. The maximum Gasteiger partial charge on any atom is 0.260 e. The van der Waals surface area contributed by atoms with Crippen LogP contribution in [0, 0.1) is 12.8 Å². The number of likely N-dealkylation sites (tertiary alicyclic amines) is 1. The molecule has 0 saturated carbocycles. The first-order valence-electron chi connectivity index (χ1n) is 6.73. The molecule has 2 rings (SSSR count). The van der Waals surface area contributed by atoms with Gasteiger partial charge in [0.25, 0.3) is 5.91 Å². The van der Waals surface area contributed by atoms with Crippen LogP contribution >= 0.6 is 11.6 Å². The molecule has 1 aliphatic rings. The first-order chi connectivity index (χ1) is 9.56. The van der Waals surface area contributed by atoms with Crippen molar-refractivity contribution in [2.24, 2.45) is 5.92 Å². The molecule has 1 saturated heterocycles. The van der Waals surface area contributed by atoms with Gasteiger partial charge >= 0.3 is 0 Å². The van der Waals surface area contributed by atoms with E-state index in [1.807, 2.05) is 31.2 Å². The van der Waals surface area contributed by atoms with Crippen molar-refractivity contribution in [3.63, 3.8) is 0 Å². The minimum Gasteiger partial charge on any atom is -0.484 e. The molecular formula is C15H18ClNO3. The highest BCUT2D eigenvalue weighted by atomic mass is 35.5. The Morgan fingerprint density at radius 3 is 2.70 bits per heavy atom. The summed E-state index contributed by atoms with van der Waals surface area (Å²) in [4.78, 5) is 24.9. The van der Waals surface area contributed by atoms with Crippen LogP contribution < -0.4 is 4.74 Å². The maximum absolute atomic E-state index is 12.1. The first kappa shape index (κ1) is 14.9. The molecule has 0 spiro atoms. The maximum atomic E-state index is 12.1. The second kappa shape index (κ2) is 6.75. The molecule has 4 nitrogen and oxygen atoms in total. The average Bonchev–Trinajstić information content (AvgIpc) is 2.46. The molecule has 0 radical (unpaired) electrons. The van der Waals surface area contributed by atoms with E-state index in [9.17, 15) is 9.59 Å². The minimum atomic E-state index is -0.359. The molecule has 0 N–H and O–H groups in total. The number of ether oxygens (including phenoxy) is 1. The van der Waals surface area contributed by atoms with E-state index >= 15 is 0 Å². The topological polar surface area (TPSA) is 46.6 Å². The van der Waals surface area contributed by atoms with Crippen LogP contribution in [-0.4, -0.2) is 35.7 Å². The number of amides is 1. The SMILES string of the molecule is Cc1ccc(OCC(=O)N2CCCC(C(=O)Cl)C2)cc1. The summed E-state index contributed by atoms with van der Waals surface area (Å²) < 4.78 is 5.46. The predicted molar refractivity (Wildman–Crippen MR) is 76.8 cm³/mol. The summed E-state index contributed by atoms with van der Waals surface area (Å²) >= 11 is 5.51. The van der Waals surface area contributed by atoms with Crippen molar-refractivity contribution >= 4 is 22.8 Å². The van der Waals surface area contributed by atoms with E-state index < -0.39 is 0 Å². The Bertz CT molecular complexity index is 486. The fourth-order valence-electron chi connectivity index (χ4n) is 2.26. The Morgan fingerprint density at radius 1 is 1.35 bits per heavy atom. The molecule has 20 heavy (non-hydrogen) atoms. The molecule has 0 bridgehead atoms. The molecular weight excluding hydrogens is 278 g/mol. The lowest BCUT2D eigenvalue weighted by Crippen LogP contribution is -2.43. The van der Waals surface area contributed by atoms with Gasteiger partial charge in [0, 0.05) is 13.1 Å². The monoisotopic (exact) mass is 295 g/mol. The highest BCUT2D eigenvalue weighted by molar-refractivity contribution is 6.64. The van der Waals surface area contributed by atoms with E-state index in [1.54, 1.807) is 4.90 Å². The van der Waals surface area contributed by atoms with Crippen LogP contribution in [0.3, 0.4) is 0 Å². The zero-order chi connectivity index (χ0) is 14.5. The van der Waals surface area contributed by atoms with E-state index in [0.29, 0.717) is 18.8 Å². The lowest BCUT2D eigenvalue weighted by Gasteiger charge is -2.30. The van der Waals surface area contributed by atoms with Crippen LogP contribution in [0.15, 0.2) is 24.3 Å². The standard InChI is InChI=1S/C15H18ClNO3/c1-11-4-6-13(7-5-11)20-10-14(18)17-8-2-3-12(9-17)15(16)19/h4-7,12H,2-3,8-10H2,1H3. The van der Waals surface area contributed by atoms with Crippen molar-refractivity contribution in [2.45, 2.75) is 19.8 Å². The number of rotatable bonds is 4. The van der Waals surface area contributed by atoms with Crippen LogP contribution in [-0.2, 0) is 9.59 Å². The number of halogens is 1. The highest BCUT2D eigenvalue weighted by Gasteiger charge is 2.27. The summed E-state index contributed by atoms with van der Waals surface area (Å²) in [6.07, 6.45) is 1.56. The summed E-state index contributed by atoms with van der Waals surface area (Å²) in [6, 6.07) is 7.54. The number of carbonyl (C=O) groups excluding carboxylic acids is 2. The lowest BCUT2D eigenvalue weighted by molar-refractivity contribution is -0.136. The van der Waals surface area contributed by atoms with Gasteiger partial charge in [0.15, 0.2) is 6.61 Å². The van der Waals surface area contributed by atoms with E-state index in [-0.39, 0.29) is 23.7 Å². The predicted octanol–water partition coefficient (Wildman–Crippen LogP) is 2.38. The van der Waals surface area contributed by atoms with Gasteiger partial charge in [0.05, 0.1) is 5.92 Å². The molecule has 5 heteroatoms. The molecule has 1 atom stereocenters. The molecule has 1 aliphatic heterocycles. The Hall–Kier alpha value is -1.55. The van der Waals surface area contributed by atoms with Crippen LogP contribution in [0.25, 0.3) is 0 Å². The Balaban J connectivity index is 1.85. The molecule has 0 aromatic heterocycles. The highest BCUT2D eigenvalue weighted by Crippen LogP contribution is 2.19. The number of benzene rings is 1. The lowest BCUT2D eigenvalue weighted by atomic mass is 9.99. The van der Waals surface area contributed by atoms with Crippen molar-refractivity contribution in [1.82, 2.24) is 4.90 Å². The molecule has 108 valence electrons. The largest absolute Gasteiger partial charge is 0.484 e. The van der Waals surface area contributed by atoms with E-state index in [1.165, 1.54) is 0 Å². The Morgan fingerprint density at radius 2 is 2.05 bits per heavy atom. The van der Waals surface area contributed by atoms with Crippen molar-refractivity contribution in [3.05, 3.63) is 29.8 Å². The summed E-state index contributed by atoms with van der Waals surface area (Å²) in [5.74, 6) is 0.327. The third kappa shape index (κ3) is 3.97. The molecule has 1 amide bonds. The number of nitrogens with zero attached hydrogens (tertiary/aromatic N) is 1. The normalized spacial score (nSPS) is 18.7. The molecule has 1 aromatic rings.